The van der Waals surface area contributed by atoms with Gasteiger partial charge >= 0.3 is 0 Å². The second-order valence-electron chi connectivity index (χ2n) is 4.98. The van der Waals surface area contributed by atoms with Crippen LogP contribution in [-0.2, 0) is 0 Å². The van der Waals surface area contributed by atoms with Crippen LogP contribution in [0.2, 0.25) is 0 Å². The number of halogens is 1. The van der Waals surface area contributed by atoms with Crippen LogP contribution in [0.5, 0.6) is 0 Å². The van der Waals surface area contributed by atoms with E-state index >= 15 is 0 Å². The lowest BCUT2D eigenvalue weighted by atomic mass is 9.92. The van der Waals surface area contributed by atoms with Crippen molar-refractivity contribution < 1.29 is 5.11 Å². The maximum absolute atomic E-state index is 10.2. The maximum atomic E-state index is 10.2. The molecular formula is C13H15BrO. The Balaban J connectivity index is 1.73. The molecule has 1 N–H and O–H groups in total. The maximum Gasteiger partial charge on any atom is 0.0818 e. The van der Waals surface area contributed by atoms with Crippen LogP contribution in [-0.4, -0.2) is 5.11 Å². The highest BCUT2D eigenvalue weighted by atomic mass is 79.9. The summed E-state index contributed by atoms with van der Waals surface area (Å²) in [6.07, 6.45) is 3.65. The number of rotatable bonds is 2. The van der Waals surface area contributed by atoms with Gasteiger partial charge in [0.2, 0.25) is 0 Å². The molecule has 0 aliphatic heterocycles. The molecule has 3 rings (SSSR count). The Labute approximate surface area is 98.6 Å². The third-order valence-electron chi connectivity index (χ3n) is 3.94. The Morgan fingerprint density at radius 1 is 1.07 bits per heavy atom. The summed E-state index contributed by atoms with van der Waals surface area (Å²) in [6.45, 7) is 0. The number of hydrogen-bond acceptors (Lipinski definition) is 1. The third kappa shape index (κ3) is 1.85. The molecular weight excluding hydrogens is 252 g/mol. The van der Waals surface area contributed by atoms with Crippen molar-refractivity contribution >= 4 is 15.9 Å². The van der Waals surface area contributed by atoms with Crippen LogP contribution >= 0.6 is 15.9 Å². The topological polar surface area (TPSA) is 20.2 Å². The molecule has 1 aromatic carbocycles. The molecule has 0 bridgehead atoms. The largest absolute Gasteiger partial charge is 0.388 e. The van der Waals surface area contributed by atoms with Gasteiger partial charge in [0.05, 0.1) is 6.10 Å². The fourth-order valence-electron chi connectivity index (χ4n) is 2.95. The number of benzene rings is 1. The van der Waals surface area contributed by atoms with E-state index in [4.69, 9.17) is 0 Å². The lowest BCUT2D eigenvalue weighted by molar-refractivity contribution is 0.104. The van der Waals surface area contributed by atoms with Gasteiger partial charge in [0, 0.05) is 4.47 Å². The summed E-state index contributed by atoms with van der Waals surface area (Å²) in [6, 6.07) is 8.07. The van der Waals surface area contributed by atoms with E-state index in [0.29, 0.717) is 5.92 Å². The molecule has 1 nitrogen and oxygen atoms in total. The zero-order chi connectivity index (χ0) is 10.4. The van der Waals surface area contributed by atoms with E-state index in [9.17, 15) is 5.11 Å². The number of hydrogen-bond donors (Lipinski definition) is 1. The lowest BCUT2D eigenvalue weighted by Crippen LogP contribution is -2.10. The summed E-state index contributed by atoms with van der Waals surface area (Å²) in [5, 5.41) is 10.2. The molecule has 0 aromatic heterocycles. The standard InChI is InChI=1S/C13H15BrO/c14-12-3-1-8(2-4-12)13(15)11-6-9-5-10(9)7-11/h1-4,9-11,13,15H,5-7H2. The molecule has 0 spiro atoms. The molecule has 2 heteroatoms. The fourth-order valence-corrected chi connectivity index (χ4v) is 3.22. The van der Waals surface area contributed by atoms with E-state index < -0.39 is 0 Å². The second kappa shape index (κ2) is 3.60. The minimum atomic E-state index is -0.245. The van der Waals surface area contributed by atoms with Gasteiger partial charge in [-0.05, 0) is 54.7 Å². The summed E-state index contributed by atoms with van der Waals surface area (Å²) in [4.78, 5) is 0. The Hall–Kier alpha value is -0.340. The van der Waals surface area contributed by atoms with Crippen molar-refractivity contribution in [2.45, 2.75) is 25.4 Å². The van der Waals surface area contributed by atoms with Crippen LogP contribution in [0.3, 0.4) is 0 Å². The highest BCUT2D eigenvalue weighted by Gasteiger charge is 2.47. The quantitative estimate of drug-likeness (QED) is 0.869. The smallest absolute Gasteiger partial charge is 0.0818 e. The molecule has 2 aliphatic rings. The molecule has 2 fully saturated rings. The summed E-state index contributed by atoms with van der Waals surface area (Å²) in [7, 11) is 0. The second-order valence-corrected chi connectivity index (χ2v) is 5.90. The minimum absolute atomic E-state index is 0.245. The van der Waals surface area contributed by atoms with E-state index in [1.807, 2.05) is 24.3 Å². The van der Waals surface area contributed by atoms with Crippen molar-refractivity contribution in [2.75, 3.05) is 0 Å². The molecule has 0 amide bonds. The molecule has 0 radical (unpaired) electrons. The van der Waals surface area contributed by atoms with Crippen molar-refractivity contribution in [3.63, 3.8) is 0 Å². The Morgan fingerprint density at radius 3 is 2.27 bits per heavy atom. The number of fused-ring (bicyclic) bond motifs is 1. The normalized spacial score (nSPS) is 34.9. The van der Waals surface area contributed by atoms with Gasteiger partial charge in [0.15, 0.2) is 0 Å². The Bertz CT molecular complexity index is 349. The van der Waals surface area contributed by atoms with Gasteiger partial charge in [-0.1, -0.05) is 28.1 Å². The predicted octanol–water partition coefficient (Wildman–Crippen LogP) is 3.53. The molecule has 0 saturated heterocycles. The van der Waals surface area contributed by atoms with Crippen LogP contribution in [0.15, 0.2) is 28.7 Å². The first-order valence-corrected chi connectivity index (χ1v) is 6.47. The van der Waals surface area contributed by atoms with Gasteiger partial charge in [-0.3, -0.25) is 0 Å². The average Bonchev–Trinajstić information content (AvgIpc) is 2.86. The molecule has 2 saturated carbocycles. The average molecular weight is 267 g/mol. The van der Waals surface area contributed by atoms with Crippen LogP contribution in [0, 0.1) is 17.8 Å². The number of aliphatic hydroxyl groups is 1. The van der Waals surface area contributed by atoms with Gasteiger partial charge in [0.1, 0.15) is 0 Å². The minimum Gasteiger partial charge on any atom is -0.388 e. The molecule has 0 heterocycles. The van der Waals surface area contributed by atoms with Crippen LogP contribution in [0.1, 0.15) is 30.9 Å². The molecule has 2 aliphatic carbocycles. The number of aliphatic hydroxyl groups excluding tert-OH is 1. The molecule has 15 heavy (non-hydrogen) atoms. The van der Waals surface area contributed by atoms with Crippen molar-refractivity contribution in [3.8, 4) is 0 Å². The molecule has 1 aromatic rings. The van der Waals surface area contributed by atoms with E-state index in [1.54, 1.807) is 0 Å². The first-order chi connectivity index (χ1) is 7.24. The summed E-state index contributed by atoms with van der Waals surface area (Å²) < 4.78 is 1.08. The highest BCUT2D eigenvalue weighted by Crippen LogP contribution is 2.57. The zero-order valence-electron chi connectivity index (χ0n) is 8.57. The Morgan fingerprint density at radius 2 is 1.67 bits per heavy atom. The van der Waals surface area contributed by atoms with Crippen molar-refractivity contribution in [3.05, 3.63) is 34.3 Å². The predicted molar refractivity (Wildman–Crippen MR) is 63.4 cm³/mol. The zero-order valence-corrected chi connectivity index (χ0v) is 10.2. The van der Waals surface area contributed by atoms with Crippen molar-refractivity contribution in [1.82, 2.24) is 0 Å². The first kappa shape index (κ1) is 9.86. The lowest BCUT2D eigenvalue weighted by Gasteiger charge is -2.19. The van der Waals surface area contributed by atoms with Gasteiger partial charge < -0.3 is 5.11 Å². The summed E-state index contributed by atoms with van der Waals surface area (Å²) in [5.41, 5.74) is 1.07. The molecule has 3 unspecified atom stereocenters. The molecule has 80 valence electrons. The van der Waals surface area contributed by atoms with Gasteiger partial charge in [-0.15, -0.1) is 0 Å². The SMILES string of the molecule is OC(c1ccc(Br)cc1)C1CC2CC2C1. The van der Waals surface area contributed by atoms with Crippen molar-refractivity contribution in [1.29, 1.82) is 0 Å². The van der Waals surface area contributed by atoms with E-state index in [-0.39, 0.29) is 6.10 Å². The van der Waals surface area contributed by atoms with Crippen LogP contribution in [0.4, 0.5) is 0 Å². The van der Waals surface area contributed by atoms with E-state index in [1.165, 1.54) is 19.3 Å². The monoisotopic (exact) mass is 266 g/mol. The van der Waals surface area contributed by atoms with E-state index in [0.717, 1.165) is 21.9 Å². The first-order valence-electron chi connectivity index (χ1n) is 5.67. The Kier molecular flexibility index (Phi) is 2.37. The van der Waals surface area contributed by atoms with Crippen LogP contribution < -0.4 is 0 Å². The van der Waals surface area contributed by atoms with E-state index in [2.05, 4.69) is 15.9 Å². The van der Waals surface area contributed by atoms with Gasteiger partial charge in [-0.25, -0.2) is 0 Å². The highest BCUT2D eigenvalue weighted by molar-refractivity contribution is 9.10. The third-order valence-corrected chi connectivity index (χ3v) is 4.47. The van der Waals surface area contributed by atoms with Gasteiger partial charge in [-0.2, -0.15) is 0 Å². The van der Waals surface area contributed by atoms with Crippen LogP contribution in [0.25, 0.3) is 0 Å². The van der Waals surface area contributed by atoms with Gasteiger partial charge in [0.25, 0.3) is 0 Å². The molecule has 3 atom stereocenters. The summed E-state index contributed by atoms with van der Waals surface area (Å²) in [5.74, 6) is 2.40. The summed E-state index contributed by atoms with van der Waals surface area (Å²) >= 11 is 3.41. The fraction of sp³-hybridized carbons (Fsp3) is 0.538. The van der Waals surface area contributed by atoms with Crippen molar-refractivity contribution in [2.24, 2.45) is 17.8 Å².